The summed E-state index contributed by atoms with van der Waals surface area (Å²) in [5.74, 6) is -3.60. The van der Waals surface area contributed by atoms with Crippen molar-refractivity contribution in [2.24, 2.45) is 10.7 Å². The molecule has 1 aliphatic heterocycles. The van der Waals surface area contributed by atoms with E-state index in [4.69, 9.17) is 5.73 Å². The Morgan fingerprint density at radius 2 is 1.89 bits per heavy atom. The zero-order valence-corrected chi connectivity index (χ0v) is 16.7. The maximum Gasteiger partial charge on any atom is 0.238 e. The second kappa shape index (κ2) is 6.83. The first-order valence-corrected chi connectivity index (χ1v) is 9.87. The van der Waals surface area contributed by atoms with Crippen LogP contribution < -0.4 is 11.1 Å². The minimum absolute atomic E-state index is 0.00739. The summed E-state index contributed by atoms with van der Waals surface area (Å²) in [4.78, 5) is 17.7. The Morgan fingerprint density at radius 1 is 1.30 bits per heavy atom. The zero-order chi connectivity index (χ0) is 20.8. The summed E-state index contributed by atoms with van der Waals surface area (Å²) in [6, 6.07) is 2.03. The molecule has 150 valence electrons. The van der Waals surface area contributed by atoms with Gasteiger partial charge in [0.05, 0.1) is 12.3 Å². The fraction of sp³-hybridized carbons (Fsp3) is 0.529. The van der Waals surface area contributed by atoms with E-state index in [-0.39, 0.29) is 23.6 Å². The number of amides is 1. The third-order valence-corrected chi connectivity index (χ3v) is 7.29. The molecule has 7 nitrogen and oxygen atoms in total. The first-order chi connectivity index (χ1) is 12.2. The van der Waals surface area contributed by atoms with Gasteiger partial charge in [-0.25, -0.2) is 17.2 Å². The van der Waals surface area contributed by atoms with Crippen molar-refractivity contribution in [1.82, 2.24) is 4.90 Å². The lowest BCUT2D eigenvalue weighted by molar-refractivity contribution is -0.116. The number of anilines is 1. The molecule has 0 aliphatic carbocycles. The molecule has 0 aromatic heterocycles. The summed E-state index contributed by atoms with van der Waals surface area (Å²) >= 11 is 0. The first kappa shape index (κ1) is 21.2. The van der Waals surface area contributed by atoms with E-state index in [2.05, 4.69) is 10.3 Å². The standard InChI is InChI=1S/C17H24F2N4O3S/c1-16(2)15(20)22-17(3,9-27(16,25)26)11-6-10(7-12(18)14(11)19)21-13(24)8-23(4)5/h6-7H,8-9H2,1-5H3,(H2,20,22)(H,21,24)/t17-/m0/s1. The minimum Gasteiger partial charge on any atom is -0.386 e. The van der Waals surface area contributed by atoms with Crippen LogP contribution in [-0.4, -0.2) is 56.2 Å². The fourth-order valence-electron chi connectivity index (χ4n) is 2.82. The van der Waals surface area contributed by atoms with Gasteiger partial charge >= 0.3 is 0 Å². The number of sulfone groups is 1. The lowest BCUT2D eigenvalue weighted by atomic mass is 9.92. The van der Waals surface area contributed by atoms with E-state index in [1.807, 2.05) is 0 Å². The average Bonchev–Trinajstić information content (AvgIpc) is 2.47. The molecule has 2 rings (SSSR count). The SMILES string of the molecule is CN(C)CC(=O)Nc1cc(F)c(F)c([C@]2(C)CS(=O)(=O)C(C)(C)C(N)=N2)c1. The second-order valence-corrected chi connectivity index (χ2v) is 10.2. The van der Waals surface area contributed by atoms with Gasteiger partial charge in [-0.15, -0.1) is 0 Å². The molecule has 0 saturated carbocycles. The topological polar surface area (TPSA) is 105 Å². The normalized spacial score (nSPS) is 23.8. The van der Waals surface area contributed by atoms with Crippen LogP contribution in [0.15, 0.2) is 17.1 Å². The summed E-state index contributed by atoms with van der Waals surface area (Å²) in [6.07, 6.45) is 0. The molecule has 0 fully saturated rings. The Balaban J connectivity index is 2.55. The molecule has 0 saturated heterocycles. The largest absolute Gasteiger partial charge is 0.386 e. The molecule has 1 aromatic carbocycles. The highest BCUT2D eigenvalue weighted by molar-refractivity contribution is 7.93. The number of nitrogens with zero attached hydrogens (tertiary/aromatic N) is 2. The van der Waals surface area contributed by atoms with Gasteiger partial charge in [-0.1, -0.05) is 0 Å². The molecule has 1 aliphatic rings. The van der Waals surface area contributed by atoms with E-state index >= 15 is 0 Å². The fourth-order valence-corrected chi connectivity index (χ4v) is 4.51. The second-order valence-electron chi connectivity index (χ2n) is 7.65. The predicted octanol–water partition coefficient (Wildman–Crippen LogP) is 1.24. The Hall–Kier alpha value is -2.07. The third-order valence-electron chi connectivity index (χ3n) is 4.58. The summed E-state index contributed by atoms with van der Waals surface area (Å²) < 4.78 is 52.5. The Labute approximate surface area is 157 Å². The number of hydrogen-bond acceptors (Lipinski definition) is 6. The van der Waals surface area contributed by atoms with E-state index in [1.54, 1.807) is 19.0 Å². The molecule has 3 N–H and O–H groups in total. The van der Waals surface area contributed by atoms with Crippen molar-refractivity contribution in [2.45, 2.75) is 31.1 Å². The van der Waals surface area contributed by atoms with Gasteiger partial charge in [-0.3, -0.25) is 9.79 Å². The molecule has 0 unspecified atom stereocenters. The number of amidine groups is 1. The van der Waals surface area contributed by atoms with Gasteiger partial charge in [0.1, 0.15) is 16.1 Å². The number of rotatable bonds is 4. The van der Waals surface area contributed by atoms with Crippen LogP contribution in [0.5, 0.6) is 0 Å². The van der Waals surface area contributed by atoms with Crippen LogP contribution >= 0.6 is 0 Å². The molecule has 10 heteroatoms. The number of aliphatic imine (C=N–C) groups is 1. The highest BCUT2D eigenvalue weighted by Gasteiger charge is 2.49. The van der Waals surface area contributed by atoms with E-state index in [0.717, 1.165) is 6.07 Å². The average molecular weight is 402 g/mol. The van der Waals surface area contributed by atoms with Crippen LogP contribution in [-0.2, 0) is 20.2 Å². The molecule has 1 atom stereocenters. The number of halogens is 2. The van der Waals surface area contributed by atoms with Gasteiger partial charge in [0.15, 0.2) is 21.5 Å². The van der Waals surface area contributed by atoms with Gasteiger partial charge < -0.3 is 16.0 Å². The predicted molar refractivity (Wildman–Crippen MR) is 100 cm³/mol. The highest BCUT2D eigenvalue weighted by Crippen LogP contribution is 2.39. The van der Waals surface area contributed by atoms with Gasteiger partial charge in [0, 0.05) is 17.3 Å². The van der Waals surface area contributed by atoms with Crippen molar-refractivity contribution in [3.05, 3.63) is 29.3 Å². The summed E-state index contributed by atoms with van der Waals surface area (Å²) in [7, 11) is -0.418. The van der Waals surface area contributed by atoms with Gasteiger partial charge in [0.25, 0.3) is 0 Å². The number of likely N-dealkylation sites (N-methyl/N-ethyl adjacent to an activating group) is 1. The van der Waals surface area contributed by atoms with Crippen molar-refractivity contribution in [2.75, 3.05) is 31.7 Å². The quantitative estimate of drug-likeness (QED) is 0.789. The molecular weight excluding hydrogens is 378 g/mol. The van der Waals surface area contributed by atoms with E-state index in [9.17, 15) is 22.0 Å². The molecule has 1 aromatic rings. The number of nitrogens with one attached hydrogen (secondary N) is 1. The number of carbonyl (C=O) groups is 1. The van der Waals surface area contributed by atoms with Crippen LogP contribution in [0.25, 0.3) is 0 Å². The maximum atomic E-state index is 14.5. The monoisotopic (exact) mass is 402 g/mol. The van der Waals surface area contributed by atoms with Crippen LogP contribution in [0.2, 0.25) is 0 Å². The smallest absolute Gasteiger partial charge is 0.238 e. The van der Waals surface area contributed by atoms with Gasteiger partial charge in [-0.2, -0.15) is 0 Å². The van der Waals surface area contributed by atoms with Crippen molar-refractivity contribution < 1.29 is 22.0 Å². The molecule has 1 heterocycles. The Kier molecular flexibility index (Phi) is 5.37. The van der Waals surface area contributed by atoms with E-state index in [0.29, 0.717) is 0 Å². The van der Waals surface area contributed by atoms with Crippen molar-refractivity contribution >= 4 is 27.3 Å². The Bertz CT molecular complexity index is 913. The van der Waals surface area contributed by atoms with Gasteiger partial charge in [0.2, 0.25) is 5.91 Å². The molecule has 27 heavy (non-hydrogen) atoms. The van der Waals surface area contributed by atoms with E-state index < -0.39 is 43.4 Å². The first-order valence-electron chi connectivity index (χ1n) is 8.22. The lowest BCUT2D eigenvalue weighted by Gasteiger charge is -2.38. The molecular formula is C17H24F2N4O3S. The number of carbonyl (C=O) groups excluding carboxylic acids is 1. The summed E-state index contributed by atoms with van der Waals surface area (Å²) in [5, 5.41) is 2.47. The summed E-state index contributed by atoms with van der Waals surface area (Å²) in [5.41, 5.74) is 3.94. The molecule has 0 bridgehead atoms. The number of hydrogen-bond donors (Lipinski definition) is 2. The lowest BCUT2D eigenvalue weighted by Crippen LogP contribution is -2.55. The van der Waals surface area contributed by atoms with Crippen molar-refractivity contribution in [3.8, 4) is 0 Å². The van der Waals surface area contributed by atoms with Crippen LogP contribution in [0.1, 0.15) is 26.3 Å². The molecule has 1 amide bonds. The number of nitrogens with two attached hydrogens (primary N) is 1. The highest BCUT2D eigenvalue weighted by atomic mass is 32.2. The van der Waals surface area contributed by atoms with E-state index in [1.165, 1.54) is 26.8 Å². The number of benzene rings is 1. The summed E-state index contributed by atoms with van der Waals surface area (Å²) in [6.45, 7) is 4.24. The van der Waals surface area contributed by atoms with Gasteiger partial charge in [-0.05, 0) is 40.9 Å². The molecule has 0 radical (unpaired) electrons. The molecule has 0 spiro atoms. The zero-order valence-electron chi connectivity index (χ0n) is 15.9. The van der Waals surface area contributed by atoms with Crippen LogP contribution in [0.4, 0.5) is 14.5 Å². The minimum atomic E-state index is -3.79. The maximum absolute atomic E-state index is 14.5. The van der Waals surface area contributed by atoms with Crippen molar-refractivity contribution in [1.29, 1.82) is 0 Å². The van der Waals surface area contributed by atoms with Crippen molar-refractivity contribution in [3.63, 3.8) is 0 Å². The van der Waals surface area contributed by atoms with Crippen LogP contribution in [0.3, 0.4) is 0 Å². The van der Waals surface area contributed by atoms with Crippen LogP contribution in [0, 0.1) is 11.6 Å². The third kappa shape index (κ3) is 3.96. The Morgan fingerprint density at radius 3 is 2.41 bits per heavy atom.